The topological polar surface area (TPSA) is 42.1 Å². The first-order valence-electron chi connectivity index (χ1n) is 6.59. The smallest absolute Gasteiger partial charge is 0.202 e. The fourth-order valence-corrected chi connectivity index (χ4v) is 1.84. The van der Waals surface area contributed by atoms with Crippen LogP contribution in [0.4, 0.5) is 0 Å². The van der Waals surface area contributed by atoms with E-state index in [0.717, 1.165) is 11.3 Å². The molecule has 1 N–H and O–H groups in total. The number of aromatic nitrogens is 1. The maximum absolute atomic E-state index is 11.6. The molecule has 0 aromatic carbocycles. The third-order valence-corrected chi connectivity index (χ3v) is 2.98. The van der Waals surface area contributed by atoms with Gasteiger partial charge in [0.25, 0.3) is 0 Å². The van der Waals surface area contributed by atoms with Gasteiger partial charge in [0.1, 0.15) is 5.76 Å². The minimum absolute atomic E-state index is 0.00366. The Morgan fingerprint density at radius 1 is 1.35 bits per heavy atom. The van der Waals surface area contributed by atoms with Gasteiger partial charge in [0.2, 0.25) is 5.78 Å². The Bertz CT molecular complexity index is 599. The summed E-state index contributed by atoms with van der Waals surface area (Å²) in [6.45, 7) is 5.57. The van der Waals surface area contributed by atoms with Crippen molar-refractivity contribution in [1.82, 2.24) is 4.98 Å². The van der Waals surface area contributed by atoms with Gasteiger partial charge >= 0.3 is 0 Å². The second-order valence-corrected chi connectivity index (χ2v) is 5.26. The normalized spacial score (nSPS) is 18.9. The van der Waals surface area contributed by atoms with Gasteiger partial charge in [-0.3, -0.25) is 4.79 Å². The Kier molecular flexibility index (Phi) is 4.08. The number of ether oxygens (including phenoxy) is 1. The molecule has 0 fully saturated rings. The van der Waals surface area contributed by atoms with Crippen molar-refractivity contribution >= 4 is 11.9 Å². The van der Waals surface area contributed by atoms with E-state index >= 15 is 0 Å². The molecule has 0 unspecified atom stereocenters. The molecule has 0 radical (unpaired) electrons. The number of carbonyl (C=O) groups is 1. The molecule has 3 nitrogen and oxygen atoms in total. The van der Waals surface area contributed by atoms with Gasteiger partial charge in [-0.1, -0.05) is 18.2 Å². The third-order valence-electron chi connectivity index (χ3n) is 2.98. The van der Waals surface area contributed by atoms with Gasteiger partial charge in [0.05, 0.1) is 0 Å². The quantitative estimate of drug-likeness (QED) is 0.845. The molecular formula is C17H19NO2. The van der Waals surface area contributed by atoms with E-state index < -0.39 is 5.60 Å². The molecule has 0 bridgehead atoms. The molecule has 0 atom stereocenters. The van der Waals surface area contributed by atoms with E-state index in [1.54, 1.807) is 19.9 Å². The number of H-pyrrole nitrogens is 1. The van der Waals surface area contributed by atoms with Crippen molar-refractivity contribution in [3.05, 3.63) is 65.7 Å². The number of hydrogen-bond donors (Lipinski definition) is 1. The zero-order valence-electron chi connectivity index (χ0n) is 12.0. The molecule has 2 heterocycles. The van der Waals surface area contributed by atoms with Crippen LogP contribution in [0.2, 0.25) is 0 Å². The monoisotopic (exact) mass is 269 g/mol. The van der Waals surface area contributed by atoms with Crippen molar-refractivity contribution in [3.8, 4) is 0 Å². The maximum atomic E-state index is 11.6. The molecule has 0 spiro atoms. The zero-order chi connectivity index (χ0) is 14.6. The van der Waals surface area contributed by atoms with Gasteiger partial charge in [-0.15, -0.1) is 0 Å². The molecule has 2 rings (SSSR count). The molecule has 0 aliphatic carbocycles. The van der Waals surface area contributed by atoms with Crippen molar-refractivity contribution in [2.24, 2.45) is 0 Å². The molecule has 1 aliphatic rings. The van der Waals surface area contributed by atoms with Crippen LogP contribution in [0.15, 0.2) is 60.0 Å². The van der Waals surface area contributed by atoms with E-state index in [1.165, 1.54) is 6.08 Å². The number of aromatic amines is 1. The summed E-state index contributed by atoms with van der Waals surface area (Å²) in [5.74, 6) is 0.611. The predicted octanol–water partition coefficient (Wildman–Crippen LogP) is 3.79. The fourth-order valence-electron chi connectivity index (χ4n) is 1.84. The highest BCUT2D eigenvalue weighted by atomic mass is 16.5. The molecule has 0 saturated carbocycles. The van der Waals surface area contributed by atoms with Crippen molar-refractivity contribution in [3.63, 3.8) is 0 Å². The Labute approximate surface area is 119 Å². The van der Waals surface area contributed by atoms with Gasteiger partial charge in [-0.2, -0.15) is 0 Å². The highest BCUT2D eigenvalue weighted by molar-refractivity contribution is 5.99. The molecule has 1 aliphatic heterocycles. The van der Waals surface area contributed by atoms with Gasteiger partial charge in [-0.25, -0.2) is 0 Å². The van der Waals surface area contributed by atoms with Crippen molar-refractivity contribution in [2.75, 3.05) is 0 Å². The molecule has 0 saturated heterocycles. The summed E-state index contributed by atoms with van der Waals surface area (Å²) < 4.78 is 5.52. The van der Waals surface area contributed by atoms with Crippen LogP contribution in [0.1, 0.15) is 26.5 Å². The lowest BCUT2D eigenvalue weighted by atomic mass is 10.1. The number of ketones is 1. The van der Waals surface area contributed by atoms with Crippen LogP contribution in [-0.2, 0) is 9.53 Å². The van der Waals surface area contributed by atoms with E-state index in [0.29, 0.717) is 5.76 Å². The minimum atomic E-state index is -0.729. The van der Waals surface area contributed by atoms with E-state index in [-0.39, 0.29) is 5.78 Å². The van der Waals surface area contributed by atoms with Crippen molar-refractivity contribution < 1.29 is 9.53 Å². The van der Waals surface area contributed by atoms with Gasteiger partial charge < -0.3 is 9.72 Å². The number of allylic oxidation sites excluding steroid dienone is 5. The van der Waals surface area contributed by atoms with Crippen molar-refractivity contribution in [2.45, 2.75) is 26.4 Å². The Balaban J connectivity index is 1.93. The average molecular weight is 269 g/mol. The number of carbonyl (C=O) groups excluding carboxylic acids is 1. The summed E-state index contributed by atoms with van der Waals surface area (Å²) in [5.41, 5.74) is 1.48. The largest absolute Gasteiger partial charge is 0.480 e. The van der Waals surface area contributed by atoms with Crippen LogP contribution >= 0.6 is 0 Å². The summed E-state index contributed by atoms with van der Waals surface area (Å²) >= 11 is 0. The second kappa shape index (κ2) is 5.78. The lowest BCUT2D eigenvalue weighted by Gasteiger charge is -2.16. The maximum Gasteiger partial charge on any atom is 0.202 e. The molecule has 1 aromatic rings. The summed E-state index contributed by atoms with van der Waals surface area (Å²) in [7, 11) is 0. The van der Waals surface area contributed by atoms with E-state index in [9.17, 15) is 4.79 Å². The lowest BCUT2D eigenvalue weighted by molar-refractivity contribution is -0.126. The summed E-state index contributed by atoms with van der Waals surface area (Å²) in [6, 6.07) is 3.98. The number of nitrogens with one attached hydrogen (secondary N) is 1. The number of hydrogen-bond acceptors (Lipinski definition) is 2. The highest BCUT2D eigenvalue weighted by Crippen LogP contribution is 2.24. The van der Waals surface area contributed by atoms with Gasteiger partial charge in [0, 0.05) is 18.0 Å². The van der Waals surface area contributed by atoms with Gasteiger partial charge in [0.15, 0.2) is 5.60 Å². The Morgan fingerprint density at radius 3 is 2.75 bits per heavy atom. The molecule has 1 aromatic heterocycles. The fraction of sp³-hybridized carbons (Fsp3) is 0.235. The number of rotatable bonds is 4. The summed E-state index contributed by atoms with van der Waals surface area (Å²) in [5, 5.41) is 0. The Hall–Kier alpha value is -2.29. The first-order chi connectivity index (χ1) is 9.47. The van der Waals surface area contributed by atoms with E-state index in [4.69, 9.17) is 4.74 Å². The molecule has 104 valence electrons. The van der Waals surface area contributed by atoms with Crippen LogP contribution in [0.5, 0.6) is 0 Å². The average Bonchev–Trinajstić information content (AvgIpc) is 2.94. The summed E-state index contributed by atoms with van der Waals surface area (Å²) in [6.07, 6.45) is 13.1. The standard InChI is InChI=1S/C17H19NO2/c1-13(11-14-8-6-10-18-14)7-4-5-9-15-12-16(19)17(2,3)20-15/h4-12,18H,1-3H3. The van der Waals surface area contributed by atoms with Crippen LogP contribution in [0, 0.1) is 0 Å². The van der Waals surface area contributed by atoms with Crippen molar-refractivity contribution in [1.29, 1.82) is 0 Å². The lowest BCUT2D eigenvalue weighted by Crippen LogP contribution is -2.27. The van der Waals surface area contributed by atoms with E-state index in [2.05, 4.69) is 11.1 Å². The van der Waals surface area contributed by atoms with Crippen LogP contribution < -0.4 is 0 Å². The molecule has 0 amide bonds. The highest BCUT2D eigenvalue weighted by Gasteiger charge is 2.33. The predicted molar refractivity (Wildman–Crippen MR) is 81.0 cm³/mol. The molecule has 20 heavy (non-hydrogen) atoms. The summed E-state index contributed by atoms with van der Waals surface area (Å²) in [4.78, 5) is 14.7. The first-order valence-corrected chi connectivity index (χ1v) is 6.59. The SMILES string of the molecule is CC(C=CC=CC1=CC(=O)C(C)(C)O1)=Cc1ccc[nH]1. The zero-order valence-corrected chi connectivity index (χ0v) is 12.0. The van der Waals surface area contributed by atoms with Crippen LogP contribution in [0.25, 0.3) is 6.08 Å². The third kappa shape index (κ3) is 3.60. The van der Waals surface area contributed by atoms with E-state index in [1.807, 2.05) is 43.5 Å². The molecule has 3 heteroatoms. The molecular weight excluding hydrogens is 250 g/mol. The first kappa shape index (κ1) is 14.1. The van der Waals surface area contributed by atoms with Crippen LogP contribution in [0.3, 0.4) is 0 Å². The minimum Gasteiger partial charge on any atom is -0.480 e. The van der Waals surface area contributed by atoms with Crippen LogP contribution in [-0.4, -0.2) is 16.4 Å². The second-order valence-electron chi connectivity index (χ2n) is 5.26. The Morgan fingerprint density at radius 2 is 2.15 bits per heavy atom. The van der Waals surface area contributed by atoms with Gasteiger partial charge in [-0.05, 0) is 50.6 Å².